The fraction of sp³-hybridized carbons (Fsp3) is 0.400. The minimum atomic E-state index is 0.676. The molecule has 2 aromatic rings. The number of nitrogens with zero attached hydrogens (tertiary/aromatic N) is 1. The van der Waals surface area contributed by atoms with Crippen LogP contribution in [0.4, 0.5) is 0 Å². The molecule has 1 heterocycles. The van der Waals surface area contributed by atoms with Crippen LogP contribution < -0.4 is 5.32 Å². The predicted octanol–water partition coefficient (Wildman–Crippen LogP) is 2.69. The lowest BCUT2D eigenvalue weighted by Crippen LogP contribution is -2.18. The van der Waals surface area contributed by atoms with Crippen molar-refractivity contribution in [2.24, 2.45) is 0 Å². The van der Waals surface area contributed by atoms with Gasteiger partial charge in [0, 0.05) is 25.8 Å². The van der Waals surface area contributed by atoms with Crippen LogP contribution in [0.25, 0.3) is 11.5 Å². The van der Waals surface area contributed by atoms with Crippen molar-refractivity contribution in [2.75, 3.05) is 20.3 Å². The van der Waals surface area contributed by atoms with Crippen molar-refractivity contribution >= 4 is 0 Å². The van der Waals surface area contributed by atoms with Gasteiger partial charge in [0.2, 0.25) is 5.89 Å². The summed E-state index contributed by atoms with van der Waals surface area (Å²) in [6.07, 6.45) is 1.70. The van der Waals surface area contributed by atoms with Gasteiger partial charge in [0.15, 0.2) is 0 Å². The Balaban J connectivity index is 2.03. The lowest BCUT2D eigenvalue weighted by Gasteiger charge is -2.01. The van der Waals surface area contributed by atoms with E-state index in [-0.39, 0.29) is 0 Å². The van der Waals surface area contributed by atoms with Crippen LogP contribution in [0.15, 0.2) is 28.9 Å². The van der Waals surface area contributed by atoms with Crippen LogP contribution in [0.1, 0.15) is 16.8 Å². The van der Waals surface area contributed by atoms with E-state index < -0.39 is 0 Å². The molecule has 0 fully saturated rings. The summed E-state index contributed by atoms with van der Waals surface area (Å²) in [7, 11) is 1.69. The normalized spacial score (nSPS) is 10.9. The summed E-state index contributed by atoms with van der Waals surface area (Å²) in [5.41, 5.74) is 4.37. The molecule has 1 aromatic heterocycles. The SMILES string of the molecule is COCCNCc1coc(-c2cc(C)cc(C)c2)n1. The number of hydrogen-bond acceptors (Lipinski definition) is 4. The maximum absolute atomic E-state index is 5.54. The fourth-order valence-corrected chi connectivity index (χ4v) is 2.01. The van der Waals surface area contributed by atoms with E-state index in [1.54, 1.807) is 13.4 Å². The van der Waals surface area contributed by atoms with Crippen LogP contribution >= 0.6 is 0 Å². The summed E-state index contributed by atoms with van der Waals surface area (Å²) in [6.45, 7) is 6.35. The summed E-state index contributed by atoms with van der Waals surface area (Å²) < 4.78 is 10.5. The zero-order chi connectivity index (χ0) is 13.7. The number of oxazole rings is 1. The second kappa shape index (κ2) is 6.50. The van der Waals surface area contributed by atoms with Gasteiger partial charge in [-0.15, -0.1) is 0 Å². The second-order valence-corrected chi connectivity index (χ2v) is 4.69. The monoisotopic (exact) mass is 260 g/mol. The third-order valence-corrected chi connectivity index (χ3v) is 2.81. The quantitative estimate of drug-likeness (QED) is 0.811. The highest BCUT2D eigenvalue weighted by molar-refractivity contribution is 5.56. The van der Waals surface area contributed by atoms with Gasteiger partial charge in [-0.25, -0.2) is 4.98 Å². The average molecular weight is 260 g/mol. The van der Waals surface area contributed by atoms with Crippen LogP contribution in [-0.4, -0.2) is 25.2 Å². The maximum atomic E-state index is 5.54. The minimum absolute atomic E-state index is 0.676. The highest BCUT2D eigenvalue weighted by Crippen LogP contribution is 2.21. The third kappa shape index (κ3) is 3.91. The first-order valence-corrected chi connectivity index (χ1v) is 6.42. The Kier molecular flexibility index (Phi) is 4.71. The highest BCUT2D eigenvalue weighted by atomic mass is 16.5. The number of nitrogens with one attached hydrogen (secondary N) is 1. The third-order valence-electron chi connectivity index (χ3n) is 2.81. The van der Waals surface area contributed by atoms with Gasteiger partial charge in [-0.3, -0.25) is 0 Å². The van der Waals surface area contributed by atoms with Crippen molar-refractivity contribution in [2.45, 2.75) is 20.4 Å². The van der Waals surface area contributed by atoms with E-state index in [1.807, 2.05) is 0 Å². The number of aromatic nitrogens is 1. The number of benzene rings is 1. The molecule has 0 atom stereocenters. The summed E-state index contributed by atoms with van der Waals surface area (Å²) in [6, 6.07) is 6.31. The van der Waals surface area contributed by atoms with E-state index in [0.717, 1.165) is 17.8 Å². The zero-order valence-electron chi connectivity index (χ0n) is 11.7. The topological polar surface area (TPSA) is 47.3 Å². The van der Waals surface area contributed by atoms with Crippen LogP contribution in [0.2, 0.25) is 0 Å². The van der Waals surface area contributed by atoms with Crippen LogP contribution in [0, 0.1) is 13.8 Å². The molecule has 2 rings (SSSR count). The summed E-state index contributed by atoms with van der Waals surface area (Å²) in [5.74, 6) is 0.676. The number of methoxy groups -OCH3 is 1. The number of rotatable bonds is 6. The molecule has 1 N–H and O–H groups in total. The van der Waals surface area contributed by atoms with Crippen molar-refractivity contribution in [3.8, 4) is 11.5 Å². The van der Waals surface area contributed by atoms with Gasteiger partial charge in [0.1, 0.15) is 6.26 Å². The smallest absolute Gasteiger partial charge is 0.226 e. The van der Waals surface area contributed by atoms with Crippen molar-refractivity contribution < 1.29 is 9.15 Å². The number of ether oxygens (including phenoxy) is 1. The van der Waals surface area contributed by atoms with Crippen LogP contribution in [0.3, 0.4) is 0 Å². The molecule has 0 aliphatic rings. The molecule has 4 nitrogen and oxygen atoms in total. The first-order valence-electron chi connectivity index (χ1n) is 6.42. The van der Waals surface area contributed by atoms with Crippen molar-refractivity contribution in [3.63, 3.8) is 0 Å². The lowest BCUT2D eigenvalue weighted by atomic mass is 10.1. The molecule has 0 bridgehead atoms. The van der Waals surface area contributed by atoms with Crippen LogP contribution in [0.5, 0.6) is 0 Å². The predicted molar refractivity (Wildman–Crippen MR) is 75.0 cm³/mol. The molecule has 1 aromatic carbocycles. The van der Waals surface area contributed by atoms with E-state index in [2.05, 4.69) is 42.3 Å². The van der Waals surface area contributed by atoms with Gasteiger partial charge >= 0.3 is 0 Å². The van der Waals surface area contributed by atoms with Gasteiger partial charge in [0.25, 0.3) is 0 Å². The number of hydrogen-bond donors (Lipinski definition) is 1. The Morgan fingerprint density at radius 2 is 1.95 bits per heavy atom. The van der Waals surface area contributed by atoms with Gasteiger partial charge < -0.3 is 14.5 Å². The zero-order valence-corrected chi connectivity index (χ0v) is 11.7. The van der Waals surface area contributed by atoms with Crippen molar-refractivity contribution in [3.05, 3.63) is 41.3 Å². The number of aryl methyl sites for hydroxylation is 2. The van der Waals surface area contributed by atoms with Crippen LogP contribution in [-0.2, 0) is 11.3 Å². The standard InChI is InChI=1S/C15H20N2O2/c1-11-6-12(2)8-13(7-11)15-17-14(10-19-15)9-16-4-5-18-3/h6-8,10,16H,4-5,9H2,1-3H3. The molecule has 0 unspecified atom stereocenters. The molecule has 0 saturated heterocycles. The van der Waals surface area contributed by atoms with Gasteiger partial charge in [-0.1, -0.05) is 17.2 Å². The van der Waals surface area contributed by atoms with Crippen molar-refractivity contribution in [1.82, 2.24) is 10.3 Å². The molecule has 0 aliphatic heterocycles. The molecule has 19 heavy (non-hydrogen) atoms. The summed E-state index contributed by atoms with van der Waals surface area (Å²) in [4.78, 5) is 4.49. The Morgan fingerprint density at radius 1 is 1.21 bits per heavy atom. The molecular formula is C15H20N2O2. The highest BCUT2D eigenvalue weighted by Gasteiger charge is 2.07. The molecule has 0 aliphatic carbocycles. The Morgan fingerprint density at radius 3 is 2.63 bits per heavy atom. The lowest BCUT2D eigenvalue weighted by molar-refractivity contribution is 0.199. The van der Waals surface area contributed by atoms with E-state index in [4.69, 9.17) is 9.15 Å². The largest absolute Gasteiger partial charge is 0.444 e. The second-order valence-electron chi connectivity index (χ2n) is 4.69. The Hall–Kier alpha value is -1.65. The minimum Gasteiger partial charge on any atom is -0.444 e. The van der Waals surface area contributed by atoms with E-state index >= 15 is 0 Å². The molecule has 0 saturated carbocycles. The molecule has 0 amide bonds. The molecular weight excluding hydrogens is 240 g/mol. The molecule has 102 valence electrons. The molecule has 0 radical (unpaired) electrons. The Labute approximate surface area is 113 Å². The fourth-order valence-electron chi connectivity index (χ4n) is 2.01. The van der Waals surface area contributed by atoms with Gasteiger partial charge in [-0.05, 0) is 26.0 Å². The molecule has 0 spiro atoms. The summed E-state index contributed by atoms with van der Waals surface area (Å²) in [5, 5.41) is 3.24. The first kappa shape index (κ1) is 13.8. The van der Waals surface area contributed by atoms with Crippen molar-refractivity contribution in [1.29, 1.82) is 0 Å². The molecule has 4 heteroatoms. The van der Waals surface area contributed by atoms with E-state index in [9.17, 15) is 0 Å². The first-order chi connectivity index (χ1) is 9.19. The Bertz CT molecular complexity index is 514. The summed E-state index contributed by atoms with van der Waals surface area (Å²) >= 11 is 0. The van der Waals surface area contributed by atoms with E-state index in [1.165, 1.54) is 11.1 Å². The van der Waals surface area contributed by atoms with Gasteiger partial charge in [0.05, 0.1) is 12.3 Å². The maximum Gasteiger partial charge on any atom is 0.226 e. The van der Waals surface area contributed by atoms with E-state index in [0.29, 0.717) is 19.0 Å². The van der Waals surface area contributed by atoms with Gasteiger partial charge in [-0.2, -0.15) is 0 Å². The average Bonchev–Trinajstić information content (AvgIpc) is 2.82.